The molecule has 0 aromatic rings. The summed E-state index contributed by atoms with van der Waals surface area (Å²) in [6.45, 7) is 3.08. The summed E-state index contributed by atoms with van der Waals surface area (Å²) in [5.74, 6) is 4.96. The number of rotatable bonds is 3. The van der Waals surface area contributed by atoms with Gasteiger partial charge in [-0.3, -0.25) is 11.3 Å². The van der Waals surface area contributed by atoms with Crippen LogP contribution in [0.3, 0.4) is 0 Å². The molecule has 7 heavy (non-hydrogen) atoms. The number of hydrazine groups is 1. The van der Waals surface area contributed by atoms with Gasteiger partial charge in [0.05, 0.1) is 0 Å². The Morgan fingerprint density at radius 1 is 1.57 bits per heavy atom. The summed E-state index contributed by atoms with van der Waals surface area (Å²) in [6, 6.07) is 0. The molecule has 0 aromatic heterocycles. The van der Waals surface area contributed by atoms with E-state index in [1.165, 1.54) is 12.8 Å². The van der Waals surface area contributed by atoms with Crippen LogP contribution in [-0.4, -0.2) is 6.54 Å². The molecule has 0 amide bonds. The summed E-state index contributed by atoms with van der Waals surface area (Å²) in [5.41, 5.74) is 2.57. The molecule has 46 valence electrons. The van der Waals surface area contributed by atoms with E-state index in [0.29, 0.717) is 0 Å². The highest BCUT2D eigenvalue weighted by Crippen LogP contribution is 1.78. The second-order valence-corrected chi connectivity index (χ2v) is 1.31. The van der Waals surface area contributed by atoms with Crippen molar-refractivity contribution in [2.75, 3.05) is 6.54 Å². The highest BCUT2D eigenvalue weighted by molar-refractivity contribution is 8.93. The lowest BCUT2D eigenvalue weighted by atomic mass is 10.3. The van der Waals surface area contributed by atoms with Gasteiger partial charge in [0.1, 0.15) is 0 Å². The number of halogens is 1. The Bertz CT molecular complexity index is 21.7. The van der Waals surface area contributed by atoms with Crippen LogP contribution in [-0.2, 0) is 0 Å². The van der Waals surface area contributed by atoms with Gasteiger partial charge >= 0.3 is 0 Å². The monoisotopic (exact) mass is 168 g/mol. The number of nitrogens with one attached hydrogen (secondary N) is 1. The molecule has 0 saturated heterocycles. The van der Waals surface area contributed by atoms with Gasteiger partial charge in [-0.1, -0.05) is 13.3 Å². The molecule has 3 N–H and O–H groups in total. The maximum absolute atomic E-state index is 4.96. The third-order valence-electron chi connectivity index (χ3n) is 0.675. The first-order valence-corrected chi connectivity index (χ1v) is 2.35. The molecule has 0 aliphatic heterocycles. The van der Waals surface area contributed by atoms with E-state index >= 15 is 0 Å². The molecule has 0 saturated carbocycles. The fourth-order valence-corrected chi connectivity index (χ4v) is 0.279. The smallest absolute Gasteiger partial charge is 0.00973 e. The van der Waals surface area contributed by atoms with Crippen LogP contribution < -0.4 is 11.3 Å². The molecule has 0 aromatic carbocycles. The molecular formula is C4H13BrN2. The lowest BCUT2D eigenvalue weighted by Gasteiger charge is -1.89. The Balaban J connectivity index is 0. The van der Waals surface area contributed by atoms with Crippen LogP contribution in [0.15, 0.2) is 0 Å². The molecule has 0 atom stereocenters. The molecule has 0 fully saturated rings. The molecule has 0 spiro atoms. The van der Waals surface area contributed by atoms with Crippen LogP contribution in [0.4, 0.5) is 0 Å². The standard InChI is InChI=1S/C4H12N2.BrH/c1-2-3-4-6-5;/h6H,2-5H2,1H3;1H. The van der Waals surface area contributed by atoms with E-state index in [-0.39, 0.29) is 17.0 Å². The normalized spacial score (nSPS) is 7.71. The quantitative estimate of drug-likeness (QED) is 0.373. The zero-order chi connectivity index (χ0) is 4.83. The van der Waals surface area contributed by atoms with Crippen LogP contribution in [0.1, 0.15) is 19.8 Å². The Morgan fingerprint density at radius 3 is 2.29 bits per heavy atom. The Morgan fingerprint density at radius 2 is 2.14 bits per heavy atom. The van der Waals surface area contributed by atoms with Gasteiger partial charge in [0.25, 0.3) is 0 Å². The first-order chi connectivity index (χ1) is 2.91. The predicted molar refractivity (Wildman–Crippen MR) is 37.4 cm³/mol. The van der Waals surface area contributed by atoms with Crippen LogP contribution in [0, 0.1) is 0 Å². The second kappa shape index (κ2) is 9.64. The van der Waals surface area contributed by atoms with Crippen molar-refractivity contribution in [2.24, 2.45) is 5.84 Å². The molecule has 0 rings (SSSR count). The van der Waals surface area contributed by atoms with E-state index < -0.39 is 0 Å². The van der Waals surface area contributed by atoms with Crippen LogP contribution >= 0.6 is 17.0 Å². The SMILES string of the molecule is Br.CCCCNN. The summed E-state index contributed by atoms with van der Waals surface area (Å²) < 4.78 is 0. The Hall–Kier alpha value is 0.400. The van der Waals surface area contributed by atoms with E-state index in [4.69, 9.17) is 5.84 Å². The third-order valence-corrected chi connectivity index (χ3v) is 0.675. The first-order valence-electron chi connectivity index (χ1n) is 2.35. The van der Waals surface area contributed by atoms with E-state index in [9.17, 15) is 0 Å². The second-order valence-electron chi connectivity index (χ2n) is 1.31. The highest BCUT2D eigenvalue weighted by atomic mass is 79.9. The molecule has 2 nitrogen and oxygen atoms in total. The van der Waals surface area contributed by atoms with E-state index in [2.05, 4.69) is 12.3 Å². The number of nitrogens with two attached hydrogens (primary N) is 1. The zero-order valence-electron chi connectivity index (χ0n) is 4.61. The van der Waals surface area contributed by atoms with Crippen molar-refractivity contribution < 1.29 is 0 Å². The van der Waals surface area contributed by atoms with Gasteiger partial charge in [0, 0.05) is 6.54 Å². The van der Waals surface area contributed by atoms with Crippen molar-refractivity contribution >= 4 is 17.0 Å². The van der Waals surface area contributed by atoms with Gasteiger partial charge in [0.15, 0.2) is 0 Å². The Kier molecular flexibility index (Phi) is 14.3. The van der Waals surface area contributed by atoms with Gasteiger partial charge in [0.2, 0.25) is 0 Å². The van der Waals surface area contributed by atoms with E-state index in [0.717, 1.165) is 6.54 Å². The fourth-order valence-electron chi connectivity index (χ4n) is 0.279. The van der Waals surface area contributed by atoms with Crippen LogP contribution in [0.2, 0.25) is 0 Å². The van der Waals surface area contributed by atoms with E-state index in [1.54, 1.807) is 0 Å². The van der Waals surface area contributed by atoms with Gasteiger partial charge in [-0.05, 0) is 6.42 Å². The first kappa shape index (κ1) is 10.4. The topological polar surface area (TPSA) is 38.0 Å². The summed E-state index contributed by atoms with van der Waals surface area (Å²) in [5, 5.41) is 0. The highest BCUT2D eigenvalue weighted by Gasteiger charge is 1.73. The average molecular weight is 169 g/mol. The molecule has 0 radical (unpaired) electrons. The largest absolute Gasteiger partial charge is 0.271 e. The minimum atomic E-state index is 0. The van der Waals surface area contributed by atoms with Gasteiger partial charge in [-0.25, -0.2) is 0 Å². The van der Waals surface area contributed by atoms with Crippen molar-refractivity contribution in [3.63, 3.8) is 0 Å². The van der Waals surface area contributed by atoms with Crippen molar-refractivity contribution in [3.05, 3.63) is 0 Å². The van der Waals surface area contributed by atoms with Gasteiger partial charge in [-0.2, -0.15) is 0 Å². The molecule has 0 aliphatic carbocycles. The number of hydrogen-bond donors (Lipinski definition) is 2. The van der Waals surface area contributed by atoms with Crippen molar-refractivity contribution in [1.82, 2.24) is 5.43 Å². The van der Waals surface area contributed by atoms with Crippen molar-refractivity contribution in [3.8, 4) is 0 Å². The number of unbranched alkanes of at least 4 members (excludes halogenated alkanes) is 1. The molecule has 0 unspecified atom stereocenters. The maximum Gasteiger partial charge on any atom is 0.00973 e. The zero-order valence-corrected chi connectivity index (χ0v) is 6.32. The predicted octanol–water partition coefficient (Wildman–Crippen LogP) is 0.828. The molecule has 3 heteroatoms. The summed E-state index contributed by atoms with van der Waals surface area (Å²) >= 11 is 0. The lowest BCUT2D eigenvalue weighted by Crippen LogP contribution is -2.22. The van der Waals surface area contributed by atoms with Crippen LogP contribution in [0.25, 0.3) is 0 Å². The minimum Gasteiger partial charge on any atom is -0.271 e. The molecule has 0 bridgehead atoms. The van der Waals surface area contributed by atoms with Gasteiger partial charge in [-0.15, -0.1) is 17.0 Å². The van der Waals surface area contributed by atoms with Crippen molar-refractivity contribution in [1.29, 1.82) is 0 Å². The minimum absolute atomic E-state index is 0. The number of hydrogen-bond acceptors (Lipinski definition) is 2. The maximum atomic E-state index is 4.96. The molecular weight excluding hydrogens is 156 g/mol. The summed E-state index contributed by atoms with van der Waals surface area (Å²) in [7, 11) is 0. The van der Waals surface area contributed by atoms with Crippen molar-refractivity contribution in [2.45, 2.75) is 19.8 Å². The van der Waals surface area contributed by atoms with Gasteiger partial charge < -0.3 is 0 Å². The summed E-state index contributed by atoms with van der Waals surface area (Å²) in [4.78, 5) is 0. The molecule has 0 aliphatic rings. The van der Waals surface area contributed by atoms with E-state index in [1.807, 2.05) is 0 Å². The lowest BCUT2D eigenvalue weighted by molar-refractivity contribution is 0.669. The average Bonchev–Trinajstić information content (AvgIpc) is 1.61. The Labute approximate surface area is 55.2 Å². The summed E-state index contributed by atoms with van der Waals surface area (Å²) in [6.07, 6.45) is 2.39. The molecule has 0 heterocycles. The fraction of sp³-hybridized carbons (Fsp3) is 1.00. The third kappa shape index (κ3) is 10.7. The van der Waals surface area contributed by atoms with Crippen LogP contribution in [0.5, 0.6) is 0 Å².